The maximum atomic E-state index is 5.91. The van der Waals surface area contributed by atoms with Crippen LogP contribution in [0.4, 0.5) is 10.8 Å². The molecule has 1 fully saturated rings. The second kappa shape index (κ2) is 6.02. The highest BCUT2D eigenvalue weighted by atomic mass is 32.2. The van der Waals surface area contributed by atoms with E-state index in [-0.39, 0.29) is 6.10 Å². The first-order valence-electron chi connectivity index (χ1n) is 6.40. The van der Waals surface area contributed by atoms with Crippen LogP contribution in [0.2, 0.25) is 0 Å². The summed E-state index contributed by atoms with van der Waals surface area (Å²) in [7, 11) is 0. The number of ether oxygens (including phenoxy) is 1. The fraction of sp³-hybridized carbons (Fsp3) is 0.750. The Bertz CT molecular complexity index is 395. The Hall–Kier alpha value is -0.620. The second-order valence-corrected chi connectivity index (χ2v) is 6.88. The molecule has 0 saturated carbocycles. The van der Waals surface area contributed by atoms with Crippen LogP contribution in [-0.2, 0) is 0 Å². The molecule has 0 radical (unpaired) electrons. The lowest BCUT2D eigenvalue weighted by Gasteiger charge is -2.32. The van der Waals surface area contributed by atoms with E-state index in [9.17, 15) is 0 Å². The van der Waals surface area contributed by atoms with Gasteiger partial charge >= 0.3 is 0 Å². The molecule has 18 heavy (non-hydrogen) atoms. The molecule has 4 nitrogen and oxygen atoms in total. The van der Waals surface area contributed by atoms with Crippen LogP contribution in [0, 0.1) is 0 Å². The molecular formula is C12H21N3OS2. The van der Waals surface area contributed by atoms with E-state index in [0.29, 0.717) is 11.1 Å². The third-order valence-corrected chi connectivity index (χ3v) is 5.17. The molecule has 1 atom stereocenters. The van der Waals surface area contributed by atoms with Gasteiger partial charge in [0.15, 0.2) is 16.6 Å². The maximum Gasteiger partial charge on any atom is 0.198 e. The average molecular weight is 287 g/mol. The minimum absolute atomic E-state index is 0.128. The van der Waals surface area contributed by atoms with Gasteiger partial charge < -0.3 is 15.4 Å². The zero-order valence-electron chi connectivity index (χ0n) is 11.2. The van der Waals surface area contributed by atoms with Crippen LogP contribution in [0.5, 0.6) is 5.75 Å². The molecule has 0 spiro atoms. The summed E-state index contributed by atoms with van der Waals surface area (Å²) in [6.07, 6.45) is 1.33. The number of nitrogens with zero attached hydrogens (tertiary/aromatic N) is 2. The predicted molar refractivity (Wildman–Crippen MR) is 81.0 cm³/mol. The fourth-order valence-electron chi connectivity index (χ4n) is 1.98. The molecule has 0 aliphatic carbocycles. The van der Waals surface area contributed by atoms with Crippen molar-refractivity contribution in [2.45, 2.75) is 38.5 Å². The highest BCUT2D eigenvalue weighted by Crippen LogP contribution is 2.40. The van der Waals surface area contributed by atoms with Gasteiger partial charge in [0, 0.05) is 24.1 Å². The first-order chi connectivity index (χ1) is 8.61. The molecule has 1 aromatic rings. The van der Waals surface area contributed by atoms with Gasteiger partial charge in [-0.3, -0.25) is 0 Å². The van der Waals surface area contributed by atoms with Crippen LogP contribution < -0.4 is 15.4 Å². The van der Waals surface area contributed by atoms with Crippen molar-refractivity contribution in [3.05, 3.63) is 0 Å². The van der Waals surface area contributed by atoms with Crippen LogP contribution in [0.25, 0.3) is 0 Å². The SMILES string of the molecule is CCC1CN(c2snc(N)c2OC(C)C)CCS1. The molecule has 0 aromatic carbocycles. The number of anilines is 2. The van der Waals surface area contributed by atoms with Gasteiger partial charge in [0.05, 0.1) is 6.10 Å². The van der Waals surface area contributed by atoms with E-state index in [1.165, 1.54) is 18.0 Å². The Balaban J connectivity index is 2.16. The average Bonchev–Trinajstić information content (AvgIpc) is 2.71. The quantitative estimate of drug-likeness (QED) is 0.923. The standard InChI is InChI=1S/C12H21N3OS2/c1-4-9-7-15(5-6-17-9)12-10(16-8(2)3)11(13)14-18-12/h8-9H,4-7H2,1-3H3,(H2,13,14). The number of hydrogen-bond donors (Lipinski definition) is 1. The zero-order valence-corrected chi connectivity index (χ0v) is 12.8. The molecule has 1 saturated heterocycles. The summed E-state index contributed by atoms with van der Waals surface area (Å²) in [5.41, 5.74) is 5.91. The third kappa shape index (κ3) is 3.03. The number of hydrogen-bond acceptors (Lipinski definition) is 6. The summed E-state index contributed by atoms with van der Waals surface area (Å²) in [6.45, 7) is 8.39. The summed E-state index contributed by atoms with van der Waals surface area (Å²) in [4.78, 5) is 2.37. The third-order valence-electron chi connectivity index (χ3n) is 2.89. The first kappa shape index (κ1) is 13.8. The Morgan fingerprint density at radius 2 is 2.33 bits per heavy atom. The zero-order chi connectivity index (χ0) is 13.1. The van der Waals surface area contributed by atoms with E-state index < -0.39 is 0 Å². The summed E-state index contributed by atoms with van der Waals surface area (Å²) in [5.74, 6) is 2.46. The van der Waals surface area contributed by atoms with E-state index >= 15 is 0 Å². The lowest BCUT2D eigenvalue weighted by Crippen LogP contribution is -2.37. The van der Waals surface area contributed by atoms with Gasteiger partial charge in [0.2, 0.25) is 0 Å². The minimum Gasteiger partial charge on any atom is -0.484 e. The maximum absolute atomic E-state index is 5.91. The highest BCUT2D eigenvalue weighted by molar-refractivity contribution is 8.00. The van der Waals surface area contributed by atoms with Crippen LogP contribution in [0.15, 0.2) is 0 Å². The largest absolute Gasteiger partial charge is 0.484 e. The minimum atomic E-state index is 0.128. The number of nitrogen functional groups attached to an aromatic ring is 1. The fourth-order valence-corrected chi connectivity index (χ4v) is 3.95. The lowest BCUT2D eigenvalue weighted by molar-refractivity contribution is 0.245. The number of thioether (sulfide) groups is 1. The number of aromatic nitrogens is 1. The molecule has 6 heteroatoms. The van der Waals surface area contributed by atoms with E-state index in [2.05, 4.69) is 28.0 Å². The molecule has 102 valence electrons. The lowest BCUT2D eigenvalue weighted by atomic mass is 10.3. The van der Waals surface area contributed by atoms with Gasteiger partial charge in [-0.1, -0.05) is 6.92 Å². The number of rotatable bonds is 4. The van der Waals surface area contributed by atoms with Gasteiger partial charge in [0.25, 0.3) is 0 Å². The highest BCUT2D eigenvalue weighted by Gasteiger charge is 2.25. The van der Waals surface area contributed by atoms with Gasteiger partial charge in [0.1, 0.15) is 0 Å². The van der Waals surface area contributed by atoms with Gasteiger partial charge in [-0.05, 0) is 31.8 Å². The Labute approximate surface area is 117 Å². The second-order valence-electron chi connectivity index (χ2n) is 4.72. The molecule has 2 heterocycles. The van der Waals surface area contributed by atoms with E-state index in [1.54, 1.807) is 0 Å². The molecule has 0 amide bonds. The molecular weight excluding hydrogens is 266 g/mol. The molecule has 1 unspecified atom stereocenters. The van der Waals surface area contributed by atoms with E-state index in [1.807, 2.05) is 13.8 Å². The molecule has 1 aliphatic rings. The van der Waals surface area contributed by atoms with Crippen LogP contribution in [0.1, 0.15) is 27.2 Å². The monoisotopic (exact) mass is 287 g/mol. The van der Waals surface area contributed by atoms with Crippen LogP contribution >= 0.6 is 23.3 Å². The van der Waals surface area contributed by atoms with Crippen molar-refractivity contribution in [3.8, 4) is 5.75 Å². The molecule has 2 rings (SSSR count). The molecule has 2 N–H and O–H groups in total. The van der Waals surface area contributed by atoms with Crippen molar-refractivity contribution in [2.24, 2.45) is 0 Å². The van der Waals surface area contributed by atoms with Crippen molar-refractivity contribution in [1.82, 2.24) is 4.37 Å². The Morgan fingerprint density at radius 1 is 1.56 bits per heavy atom. The van der Waals surface area contributed by atoms with E-state index in [0.717, 1.165) is 29.6 Å². The predicted octanol–water partition coefficient (Wildman–Crippen LogP) is 2.84. The molecule has 1 aromatic heterocycles. The van der Waals surface area contributed by atoms with Crippen molar-refractivity contribution in [2.75, 3.05) is 29.5 Å². The van der Waals surface area contributed by atoms with Crippen molar-refractivity contribution in [3.63, 3.8) is 0 Å². The Kier molecular flexibility index (Phi) is 4.61. The van der Waals surface area contributed by atoms with E-state index in [4.69, 9.17) is 10.5 Å². The smallest absolute Gasteiger partial charge is 0.198 e. The van der Waals surface area contributed by atoms with Gasteiger partial charge in [-0.25, -0.2) is 0 Å². The summed E-state index contributed by atoms with van der Waals surface area (Å²) >= 11 is 3.51. The van der Waals surface area contributed by atoms with Crippen molar-refractivity contribution in [1.29, 1.82) is 0 Å². The molecule has 0 bridgehead atoms. The van der Waals surface area contributed by atoms with Crippen molar-refractivity contribution >= 4 is 34.1 Å². The van der Waals surface area contributed by atoms with Gasteiger partial charge in [-0.15, -0.1) is 0 Å². The first-order valence-corrected chi connectivity index (χ1v) is 8.22. The summed E-state index contributed by atoms with van der Waals surface area (Å²) in [6, 6.07) is 0. The van der Waals surface area contributed by atoms with Crippen LogP contribution in [0.3, 0.4) is 0 Å². The van der Waals surface area contributed by atoms with Gasteiger partial charge in [-0.2, -0.15) is 16.1 Å². The van der Waals surface area contributed by atoms with Crippen molar-refractivity contribution < 1.29 is 4.74 Å². The summed E-state index contributed by atoms with van der Waals surface area (Å²) < 4.78 is 10.1. The summed E-state index contributed by atoms with van der Waals surface area (Å²) in [5, 5.41) is 1.80. The molecule has 1 aliphatic heterocycles. The normalized spacial score (nSPS) is 20.4. The number of nitrogens with two attached hydrogens (primary N) is 1. The Morgan fingerprint density at radius 3 is 3.00 bits per heavy atom. The topological polar surface area (TPSA) is 51.4 Å². The van der Waals surface area contributed by atoms with Crippen LogP contribution in [-0.4, -0.2) is 34.6 Å².